The Morgan fingerprint density at radius 1 is 1.67 bits per heavy atom. The molecule has 0 unspecified atom stereocenters. The van der Waals surface area contributed by atoms with E-state index < -0.39 is 0 Å². The van der Waals surface area contributed by atoms with Crippen LogP contribution in [-0.4, -0.2) is 0 Å². The molecule has 0 radical (unpaired) electrons. The molecule has 1 saturated carbocycles. The van der Waals surface area contributed by atoms with Crippen molar-refractivity contribution in [1.29, 1.82) is 0 Å². The van der Waals surface area contributed by atoms with E-state index in [1.165, 1.54) is 25.7 Å². The van der Waals surface area contributed by atoms with Crippen LogP contribution in [0.15, 0.2) is 12.2 Å². The van der Waals surface area contributed by atoms with Crippen LogP contribution in [0.3, 0.4) is 0 Å². The standard InChI is InChI=1S/C9H14/c1-2-9-5-3-8(7-9)4-6-9/h3,5,8H,2,4,6-7H2,1H3/t8-,9-/m1/s1. The molecule has 2 rings (SSSR count). The quantitative estimate of drug-likeness (QED) is 0.469. The van der Waals surface area contributed by atoms with Crippen molar-refractivity contribution in [3.05, 3.63) is 12.2 Å². The van der Waals surface area contributed by atoms with Crippen LogP contribution in [-0.2, 0) is 0 Å². The highest BCUT2D eigenvalue weighted by atomic mass is 14.4. The Kier molecular flexibility index (Phi) is 0.992. The first-order valence-electron chi connectivity index (χ1n) is 4.04. The van der Waals surface area contributed by atoms with E-state index in [0.29, 0.717) is 5.41 Å². The van der Waals surface area contributed by atoms with Crippen LogP contribution in [0, 0.1) is 11.3 Å². The molecule has 2 aliphatic rings. The van der Waals surface area contributed by atoms with Crippen LogP contribution < -0.4 is 0 Å². The summed E-state index contributed by atoms with van der Waals surface area (Å²) in [5.74, 6) is 0.963. The monoisotopic (exact) mass is 122 g/mol. The van der Waals surface area contributed by atoms with Crippen LogP contribution >= 0.6 is 0 Å². The summed E-state index contributed by atoms with van der Waals surface area (Å²) in [6.07, 6.45) is 10.6. The summed E-state index contributed by atoms with van der Waals surface area (Å²) in [6.45, 7) is 2.32. The number of fused-ring (bicyclic) bond motifs is 2. The molecule has 0 heterocycles. The van der Waals surface area contributed by atoms with E-state index in [2.05, 4.69) is 19.1 Å². The van der Waals surface area contributed by atoms with Crippen LogP contribution in [0.25, 0.3) is 0 Å². The fraction of sp³-hybridized carbons (Fsp3) is 0.778. The van der Waals surface area contributed by atoms with Gasteiger partial charge < -0.3 is 0 Å². The first-order chi connectivity index (χ1) is 4.35. The summed E-state index contributed by atoms with van der Waals surface area (Å²) in [6, 6.07) is 0. The second kappa shape index (κ2) is 1.62. The van der Waals surface area contributed by atoms with Crippen molar-refractivity contribution in [1.82, 2.24) is 0 Å². The van der Waals surface area contributed by atoms with Crippen molar-refractivity contribution in [2.45, 2.75) is 32.6 Å². The summed E-state index contributed by atoms with van der Waals surface area (Å²) in [5, 5.41) is 0. The molecule has 2 bridgehead atoms. The zero-order valence-corrected chi connectivity index (χ0v) is 6.06. The molecule has 50 valence electrons. The minimum Gasteiger partial charge on any atom is -0.0848 e. The second-order valence-electron chi connectivity index (χ2n) is 3.58. The van der Waals surface area contributed by atoms with E-state index in [1.54, 1.807) is 0 Å². The predicted molar refractivity (Wildman–Crippen MR) is 39.2 cm³/mol. The lowest BCUT2D eigenvalue weighted by molar-refractivity contribution is 0.388. The van der Waals surface area contributed by atoms with Gasteiger partial charge in [0.2, 0.25) is 0 Å². The third kappa shape index (κ3) is 0.654. The Labute approximate surface area is 57.0 Å². The van der Waals surface area contributed by atoms with Gasteiger partial charge in [0, 0.05) is 0 Å². The first-order valence-corrected chi connectivity index (χ1v) is 4.04. The Morgan fingerprint density at radius 3 is 2.78 bits per heavy atom. The molecule has 0 nitrogen and oxygen atoms in total. The number of hydrogen-bond acceptors (Lipinski definition) is 0. The van der Waals surface area contributed by atoms with Crippen molar-refractivity contribution in [3.63, 3.8) is 0 Å². The number of hydrogen-bond donors (Lipinski definition) is 0. The fourth-order valence-corrected chi connectivity index (χ4v) is 2.29. The van der Waals surface area contributed by atoms with E-state index in [4.69, 9.17) is 0 Å². The number of rotatable bonds is 1. The van der Waals surface area contributed by atoms with E-state index in [0.717, 1.165) is 5.92 Å². The Bertz CT molecular complexity index is 146. The largest absolute Gasteiger partial charge is 0.0848 e. The van der Waals surface area contributed by atoms with Crippen molar-refractivity contribution in [3.8, 4) is 0 Å². The third-order valence-corrected chi connectivity index (χ3v) is 3.11. The summed E-state index contributed by atoms with van der Waals surface area (Å²) < 4.78 is 0. The highest BCUT2D eigenvalue weighted by Gasteiger charge is 2.38. The smallest absolute Gasteiger partial charge is 0.0115 e. The summed E-state index contributed by atoms with van der Waals surface area (Å²) in [5.41, 5.74) is 0.671. The zero-order valence-electron chi connectivity index (χ0n) is 6.06. The second-order valence-corrected chi connectivity index (χ2v) is 3.58. The Balaban J connectivity index is 2.23. The van der Waals surface area contributed by atoms with Crippen LogP contribution in [0.5, 0.6) is 0 Å². The lowest BCUT2D eigenvalue weighted by atomic mass is 9.85. The molecular formula is C9H14. The van der Waals surface area contributed by atoms with Gasteiger partial charge in [0.25, 0.3) is 0 Å². The van der Waals surface area contributed by atoms with Gasteiger partial charge >= 0.3 is 0 Å². The van der Waals surface area contributed by atoms with E-state index in [9.17, 15) is 0 Å². The maximum absolute atomic E-state index is 2.46. The van der Waals surface area contributed by atoms with Crippen molar-refractivity contribution in [2.75, 3.05) is 0 Å². The molecular weight excluding hydrogens is 108 g/mol. The average molecular weight is 122 g/mol. The third-order valence-electron chi connectivity index (χ3n) is 3.11. The highest BCUT2D eigenvalue weighted by Crippen LogP contribution is 2.50. The van der Waals surface area contributed by atoms with Gasteiger partial charge in [-0.2, -0.15) is 0 Å². The Hall–Kier alpha value is -0.260. The molecule has 0 aromatic carbocycles. The molecule has 0 spiro atoms. The Morgan fingerprint density at radius 2 is 2.56 bits per heavy atom. The van der Waals surface area contributed by atoms with Gasteiger partial charge in [-0.05, 0) is 37.0 Å². The molecule has 0 aliphatic heterocycles. The molecule has 1 fully saturated rings. The fourth-order valence-electron chi connectivity index (χ4n) is 2.29. The SMILES string of the molecule is CC[C@@]12C=C[C@H](CC1)C2. The molecule has 0 heteroatoms. The topological polar surface area (TPSA) is 0 Å². The van der Waals surface area contributed by atoms with Crippen LogP contribution in [0.2, 0.25) is 0 Å². The van der Waals surface area contributed by atoms with Crippen LogP contribution in [0.1, 0.15) is 32.6 Å². The molecule has 0 N–H and O–H groups in total. The van der Waals surface area contributed by atoms with E-state index >= 15 is 0 Å². The minimum atomic E-state index is 0.671. The van der Waals surface area contributed by atoms with Gasteiger partial charge in [0.15, 0.2) is 0 Å². The maximum Gasteiger partial charge on any atom is -0.0115 e. The molecule has 0 aromatic rings. The molecule has 2 aliphatic carbocycles. The van der Waals surface area contributed by atoms with Gasteiger partial charge in [0.1, 0.15) is 0 Å². The summed E-state index contributed by atoms with van der Waals surface area (Å²) in [7, 11) is 0. The van der Waals surface area contributed by atoms with Gasteiger partial charge in [-0.15, -0.1) is 0 Å². The average Bonchev–Trinajstić information content (AvgIpc) is 2.46. The number of allylic oxidation sites excluding steroid dienone is 2. The molecule has 0 saturated heterocycles. The molecule has 0 amide bonds. The molecule has 2 atom stereocenters. The highest BCUT2D eigenvalue weighted by molar-refractivity contribution is 5.14. The maximum atomic E-state index is 2.46. The van der Waals surface area contributed by atoms with Gasteiger partial charge in [-0.1, -0.05) is 19.1 Å². The van der Waals surface area contributed by atoms with Crippen molar-refractivity contribution in [2.24, 2.45) is 11.3 Å². The summed E-state index contributed by atoms with van der Waals surface area (Å²) >= 11 is 0. The summed E-state index contributed by atoms with van der Waals surface area (Å²) in [4.78, 5) is 0. The van der Waals surface area contributed by atoms with Gasteiger partial charge in [0.05, 0.1) is 0 Å². The zero-order chi connectivity index (χ0) is 6.32. The van der Waals surface area contributed by atoms with Crippen molar-refractivity contribution < 1.29 is 0 Å². The lowest BCUT2D eigenvalue weighted by Gasteiger charge is -2.19. The molecule has 9 heavy (non-hydrogen) atoms. The van der Waals surface area contributed by atoms with E-state index in [-0.39, 0.29) is 0 Å². The van der Waals surface area contributed by atoms with Gasteiger partial charge in [-0.3, -0.25) is 0 Å². The predicted octanol–water partition coefficient (Wildman–Crippen LogP) is 2.75. The van der Waals surface area contributed by atoms with Gasteiger partial charge in [-0.25, -0.2) is 0 Å². The minimum absolute atomic E-state index is 0.671. The van der Waals surface area contributed by atoms with Crippen LogP contribution in [0.4, 0.5) is 0 Å². The first kappa shape index (κ1) is 5.52. The normalized spacial score (nSPS) is 46.6. The molecule has 0 aromatic heterocycles. The lowest BCUT2D eigenvalue weighted by Crippen LogP contribution is -2.08. The van der Waals surface area contributed by atoms with E-state index in [1.807, 2.05) is 0 Å². The van der Waals surface area contributed by atoms with Crippen molar-refractivity contribution >= 4 is 0 Å².